The summed E-state index contributed by atoms with van der Waals surface area (Å²) >= 11 is 1.63. The van der Waals surface area contributed by atoms with Gasteiger partial charge < -0.3 is 0 Å². The van der Waals surface area contributed by atoms with Gasteiger partial charge in [-0.3, -0.25) is 4.99 Å². The molecule has 1 heterocycles. The zero-order chi connectivity index (χ0) is 8.39. The lowest BCUT2D eigenvalue weighted by Gasteiger charge is -2.04. The quantitative estimate of drug-likeness (QED) is 0.591. The van der Waals surface area contributed by atoms with E-state index in [0.717, 1.165) is 5.75 Å². The van der Waals surface area contributed by atoms with Crippen LogP contribution < -0.4 is 0 Å². The molecular weight excluding hydrogens is 165 g/mol. The molecule has 3 heteroatoms. The van der Waals surface area contributed by atoms with Gasteiger partial charge in [-0.25, -0.2) is 0 Å². The summed E-state index contributed by atoms with van der Waals surface area (Å²) in [6.07, 6.45) is 0. The minimum atomic E-state index is 0.274. The van der Waals surface area contributed by atoms with Crippen LogP contribution in [0.4, 0.5) is 0 Å². The number of rotatable bonds is 1. The Bertz CT molecular complexity index is 297. The predicted molar refractivity (Wildman–Crippen MR) is 54.8 cm³/mol. The van der Waals surface area contributed by atoms with E-state index in [2.05, 4.69) is 17.1 Å². The molecule has 0 aliphatic carbocycles. The van der Waals surface area contributed by atoms with Crippen LogP contribution in [0.5, 0.6) is 0 Å². The van der Waals surface area contributed by atoms with E-state index in [0.29, 0.717) is 4.94 Å². The standard InChI is InChI=1S/C9H8BNS/c10-9-11-8(6-12-9)7-4-2-1-3-5-7/h1-5,8H,6H2. The van der Waals surface area contributed by atoms with Crippen molar-refractivity contribution in [1.82, 2.24) is 0 Å². The third-order valence-electron chi connectivity index (χ3n) is 1.86. The minimum absolute atomic E-state index is 0.274. The highest BCUT2D eigenvalue weighted by molar-refractivity contribution is 8.16. The van der Waals surface area contributed by atoms with Crippen molar-refractivity contribution < 1.29 is 0 Å². The van der Waals surface area contributed by atoms with Crippen molar-refractivity contribution in [2.45, 2.75) is 6.04 Å². The summed E-state index contributed by atoms with van der Waals surface area (Å²) < 4.78 is 0. The summed E-state index contributed by atoms with van der Waals surface area (Å²) in [6, 6.07) is 10.5. The van der Waals surface area contributed by atoms with E-state index in [1.165, 1.54) is 5.56 Å². The summed E-state index contributed by atoms with van der Waals surface area (Å²) in [7, 11) is 5.58. The van der Waals surface area contributed by atoms with Gasteiger partial charge in [-0.15, -0.1) is 11.8 Å². The van der Waals surface area contributed by atoms with Crippen LogP contribution in [0.25, 0.3) is 0 Å². The molecule has 0 fully saturated rings. The molecule has 0 saturated carbocycles. The van der Waals surface area contributed by atoms with Gasteiger partial charge >= 0.3 is 0 Å². The van der Waals surface area contributed by atoms with Crippen molar-refractivity contribution in [3.05, 3.63) is 35.9 Å². The highest BCUT2D eigenvalue weighted by atomic mass is 32.2. The molecule has 12 heavy (non-hydrogen) atoms. The number of aliphatic imine (C=N–C) groups is 1. The lowest BCUT2D eigenvalue weighted by Crippen LogP contribution is -1.92. The van der Waals surface area contributed by atoms with Crippen LogP contribution >= 0.6 is 11.8 Å². The molecule has 0 N–H and O–H groups in total. The Labute approximate surface area is 77.7 Å². The first kappa shape index (κ1) is 7.93. The molecule has 0 bridgehead atoms. The summed E-state index contributed by atoms with van der Waals surface area (Å²) in [5.74, 6) is 0.982. The smallest absolute Gasteiger partial charge is 0.150 e. The molecule has 2 rings (SSSR count). The second-order valence-corrected chi connectivity index (χ2v) is 3.75. The monoisotopic (exact) mass is 173 g/mol. The molecule has 0 spiro atoms. The number of hydrogen-bond acceptors (Lipinski definition) is 2. The van der Waals surface area contributed by atoms with Crippen molar-refractivity contribution >= 4 is 24.6 Å². The van der Waals surface area contributed by atoms with Crippen molar-refractivity contribution in [2.24, 2.45) is 4.99 Å². The highest BCUT2D eigenvalue weighted by Crippen LogP contribution is 2.28. The molecule has 1 aromatic rings. The van der Waals surface area contributed by atoms with E-state index < -0.39 is 0 Å². The third kappa shape index (κ3) is 1.56. The fraction of sp³-hybridized carbons (Fsp3) is 0.222. The molecule has 1 aromatic carbocycles. The molecular formula is C9H8BNS. The Balaban J connectivity index is 2.22. The highest BCUT2D eigenvalue weighted by Gasteiger charge is 2.15. The van der Waals surface area contributed by atoms with Crippen molar-refractivity contribution in [1.29, 1.82) is 0 Å². The summed E-state index contributed by atoms with van der Waals surface area (Å²) in [5.41, 5.74) is 1.26. The zero-order valence-corrected chi connectivity index (χ0v) is 7.42. The van der Waals surface area contributed by atoms with Crippen molar-refractivity contribution in [2.75, 3.05) is 5.75 Å². The van der Waals surface area contributed by atoms with E-state index in [1.54, 1.807) is 11.8 Å². The maximum absolute atomic E-state index is 5.58. The van der Waals surface area contributed by atoms with Gasteiger partial charge in [-0.05, 0) is 5.56 Å². The number of hydrogen-bond donors (Lipinski definition) is 0. The maximum Gasteiger partial charge on any atom is 0.150 e. The summed E-state index contributed by atoms with van der Waals surface area (Å²) in [6.45, 7) is 0. The lowest BCUT2D eigenvalue weighted by atomic mass is 10.1. The Hall–Kier alpha value is -0.695. The average Bonchev–Trinajstić information content (AvgIpc) is 2.54. The first-order valence-corrected chi connectivity index (χ1v) is 4.86. The first-order valence-electron chi connectivity index (χ1n) is 3.87. The third-order valence-corrected chi connectivity index (χ3v) is 2.74. The van der Waals surface area contributed by atoms with E-state index in [1.807, 2.05) is 18.2 Å². The lowest BCUT2D eigenvalue weighted by molar-refractivity contribution is 0.851. The SMILES string of the molecule is [B]C1=NC(c2ccccc2)CS1. The van der Waals surface area contributed by atoms with Crippen LogP contribution in [-0.2, 0) is 0 Å². The van der Waals surface area contributed by atoms with Gasteiger partial charge in [0.1, 0.15) is 0 Å². The number of nitrogens with zero attached hydrogens (tertiary/aromatic N) is 1. The molecule has 1 atom stereocenters. The average molecular weight is 173 g/mol. The second kappa shape index (κ2) is 3.36. The van der Waals surface area contributed by atoms with Crippen LogP contribution in [0.1, 0.15) is 11.6 Å². The maximum atomic E-state index is 5.58. The van der Waals surface area contributed by atoms with E-state index in [4.69, 9.17) is 7.85 Å². The van der Waals surface area contributed by atoms with Gasteiger partial charge in [0.05, 0.1) is 6.04 Å². The molecule has 1 nitrogen and oxygen atoms in total. The fourth-order valence-corrected chi connectivity index (χ4v) is 2.04. The number of benzene rings is 1. The molecule has 0 amide bonds. The van der Waals surface area contributed by atoms with Crippen LogP contribution in [0, 0.1) is 0 Å². The van der Waals surface area contributed by atoms with E-state index in [-0.39, 0.29) is 6.04 Å². The molecule has 1 aliphatic rings. The van der Waals surface area contributed by atoms with Crippen LogP contribution in [0.3, 0.4) is 0 Å². The topological polar surface area (TPSA) is 12.4 Å². The van der Waals surface area contributed by atoms with Crippen molar-refractivity contribution in [3.63, 3.8) is 0 Å². The predicted octanol–water partition coefficient (Wildman–Crippen LogP) is 2.00. The van der Waals surface area contributed by atoms with Crippen molar-refractivity contribution in [3.8, 4) is 0 Å². The molecule has 1 unspecified atom stereocenters. The minimum Gasteiger partial charge on any atom is -0.286 e. The molecule has 2 radical (unpaired) electrons. The largest absolute Gasteiger partial charge is 0.286 e. The first-order chi connectivity index (χ1) is 5.86. The molecule has 0 aromatic heterocycles. The van der Waals surface area contributed by atoms with Crippen LogP contribution in [0.2, 0.25) is 0 Å². The Kier molecular flexibility index (Phi) is 2.22. The Morgan fingerprint density at radius 3 is 2.67 bits per heavy atom. The van der Waals surface area contributed by atoms with Gasteiger partial charge in [-0.1, -0.05) is 30.3 Å². The Morgan fingerprint density at radius 2 is 2.08 bits per heavy atom. The van der Waals surface area contributed by atoms with Gasteiger partial charge in [-0.2, -0.15) is 0 Å². The van der Waals surface area contributed by atoms with Gasteiger partial charge in [0.15, 0.2) is 7.85 Å². The Morgan fingerprint density at radius 1 is 1.33 bits per heavy atom. The van der Waals surface area contributed by atoms with E-state index in [9.17, 15) is 0 Å². The second-order valence-electron chi connectivity index (χ2n) is 2.70. The summed E-state index contributed by atoms with van der Waals surface area (Å²) in [5, 5.41) is 0. The molecule has 1 aliphatic heterocycles. The molecule has 58 valence electrons. The van der Waals surface area contributed by atoms with Crippen LogP contribution in [-0.4, -0.2) is 18.5 Å². The zero-order valence-electron chi connectivity index (χ0n) is 6.60. The van der Waals surface area contributed by atoms with Gasteiger partial charge in [0.2, 0.25) is 0 Å². The summed E-state index contributed by atoms with van der Waals surface area (Å²) in [4.78, 5) is 5.03. The molecule has 0 saturated heterocycles. The van der Waals surface area contributed by atoms with Gasteiger partial charge in [0.25, 0.3) is 0 Å². The van der Waals surface area contributed by atoms with Crippen LogP contribution in [0.15, 0.2) is 35.3 Å². The number of thioether (sulfide) groups is 1. The fourth-order valence-electron chi connectivity index (χ4n) is 1.24. The van der Waals surface area contributed by atoms with Gasteiger partial charge in [0, 0.05) is 10.7 Å². The van der Waals surface area contributed by atoms with E-state index >= 15 is 0 Å². The normalized spacial score (nSPS) is 22.3.